The largest absolute Gasteiger partial charge is 0.379 e. The van der Waals surface area contributed by atoms with Gasteiger partial charge in [0.15, 0.2) is 0 Å². The minimum absolute atomic E-state index is 0. The van der Waals surface area contributed by atoms with Crippen molar-refractivity contribution in [2.45, 2.75) is 31.2 Å². The van der Waals surface area contributed by atoms with Crippen LogP contribution in [0, 0.1) is 5.92 Å². The minimum Gasteiger partial charge on any atom is -0.379 e. The van der Waals surface area contributed by atoms with E-state index in [1.807, 2.05) is 0 Å². The van der Waals surface area contributed by atoms with Crippen LogP contribution in [-0.4, -0.2) is 43.2 Å². The molecule has 2 aliphatic rings. The van der Waals surface area contributed by atoms with Gasteiger partial charge in [-0.1, -0.05) is 0 Å². The van der Waals surface area contributed by atoms with Crippen molar-refractivity contribution in [1.82, 2.24) is 4.90 Å². The molecule has 2 rings (SSSR count). The van der Waals surface area contributed by atoms with Crippen LogP contribution < -0.4 is 5.73 Å². The van der Waals surface area contributed by atoms with Crippen LogP contribution in [0.25, 0.3) is 0 Å². The Kier molecular flexibility index (Phi) is 4.59. The molecule has 0 aliphatic heterocycles. The fraction of sp³-hybridized carbons (Fsp3) is 0.909. The van der Waals surface area contributed by atoms with Gasteiger partial charge >= 0.3 is 0 Å². The van der Waals surface area contributed by atoms with Crippen LogP contribution in [0.1, 0.15) is 25.7 Å². The molecular formula is C11H21ClN2O2. The lowest BCUT2D eigenvalue weighted by molar-refractivity contribution is -0.133. The number of amides is 1. The Labute approximate surface area is 103 Å². The van der Waals surface area contributed by atoms with Gasteiger partial charge in [0.25, 0.3) is 0 Å². The molecule has 0 bridgehead atoms. The molecule has 0 spiro atoms. The van der Waals surface area contributed by atoms with E-state index in [0.717, 1.165) is 25.4 Å². The summed E-state index contributed by atoms with van der Waals surface area (Å²) in [6, 6.07) is 0. The predicted octanol–water partition coefficient (Wildman–Crippen LogP) is 0.784. The van der Waals surface area contributed by atoms with Gasteiger partial charge in [-0.15, -0.1) is 12.4 Å². The first-order valence-electron chi connectivity index (χ1n) is 5.74. The van der Waals surface area contributed by atoms with E-state index in [0.29, 0.717) is 13.2 Å². The zero-order valence-electron chi connectivity index (χ0n) is 9.78. The van der Waals surface area contributed by atoms with Crippen LogP contribution in [0.15, 0.2) is 0 Å². The van der Waals surface area contributed by atoms with Crippen LogP contribution in [0.5, 0.6) is 0 Å². The van der Waals surface area contributed by atoms with E-state index in [1.165, 1.54) is 12.8 Å². The van der Waals surface area contributed by atoms with Crippen molar-refractivity contribution in [1.29, 1.82) is 0 Å². The Morgan fingerprint density at radius 3 is 2.62 bits per heavy atom. The Morgan fingerprint density at radius 1 is 1.50 bits per heavy atom. The lowest BCUT2D eigenvalue weighted by Crippen LogP contribution is -2.44. The zero-order valence-corrected chi connectivity index (χ0v) is 10.6. The van der Waals surface area contributed by atoms with Crippen LogP contribution in [-0.2, 0) is 9.53 Å². The van der Waals surface area contributed by atoms with Gasteiger partial charge in [-0.05, 0) is 31.6 Å². The van der Waals surface area contributed by atoms with E-state index in [2.05, 4.69) is 0 Å². The van der Waals surface area contributed by atoms with Gasteiger partial charge in [0.1, 0.15) is 0 Å². The summed E-state index contributed by atoms with van der Waals surface area (Å²) in [5.74, 6) is 0.854. The van der Waals surface area contributed by atoms with Crippen molar-refractivity contribution in [3.05, 3.63) is 0 Å². The average molecular weight is 249 g/mol. The third-order valence-electron chi connectivity index (χ3n) is 3.18. The second-order valence-corrected chi connectivity index (χ2v) is 4.90. The molecule has 0 heterocycles. The summed E-state index contributed by atoms with van der Waals surface area (Å²) in [7, 11) is 1.80. The highest BCUT2D eigenvalue weighted by Gasteiger charge is 2.47. The number of nitrogens with zero attached hydrogens (tertiary/aromatic N) is 1. The Bertz CT molecular complexity index is 252. The van der Waals surface area contributed by atoms with Crippen molar-refractivity contribution in [2.24, 2.45) is 11.7 Å². The van der Waals surface area contributed by atoms with Crippen molar-refractivity contribution in [3.8, 4) is 0 Å². The third kappa shape index (κ3) is 3.61. The molecule has 0 unspecified atom stereocenters. The maximum absolute atomic E-state index is 11.7. The molecule has 0 aromatic rings. The summed E-state index contributed by atoms with van der Waals surface area (Å²) in [5, 5.41) is 0. The van der Waals surface area contributed by atoms with Crippen LogP contribution >= 0.6 is 12.4 Å². The van der Waals surface area contributed by atoms with Crippen molar-refractivity contribution in [2.75, 3.05) is 26.8 Å². The number of hydrogen-bond donors (Lipinski definition) is 1. The fourth-order valence-electron chi connectivity index (χ4n) is 1.57. The summed E-state index contributed by atoms with van der Waals surface area (Å²) in [6.07, 6.45) is 4.28. The second-order valence-electron chi connectivity index (χ2n) is 4.90. The lowest BCUT2D eigenvalue weighted by Gasteiger charge is -2.20. The highest BCUT2D eigenvalue weighted by Crippen LogP contribution is 2.33. The zero-order chi connectivity index (χ0) is 10.9. The monoisotopic (exact) mass is 248 g/mol. The summed E-state index contributed by atoms with van der Waals surface area (Å²) in [5.41, 5.74) is 5.28. The van der Waals surface area contributed by atoms with Gasteiger partial charge in [0, 0.05) is 20.2 Å². The van der Waals surface area contributed by atoms with Gasteiger partial charge in [-0.3, -0.25) is 4.79 Å². The molecule has 0 saturated heterocycles. The third-order valence-corrected chi connectivity index (χ3v) is 3.18. The predicted molar refractivity (Wildman–Crippen MR) is 64.6 cm³/mol. The van der Waals surface area contributed by atoms with Crippen molar-refractivity contribution in [3.63, 3.8) is 0 Å². The van der Waals surface area contributed by atoms with Crippen LogP contribution in [0.3, 0.4) is 0 Å². The Morgan fingerprint density at radius 2 is 2.12 bits per heavy atom. The van der Waals surface area contributed by atoms with E-state index >= 15 is 0 Å². The van der Waals surface area contributed by atoms with Gasteiger partial charge in [0.05, 0.1) is 12.1 Å². The number of carbonyl (C=O) groups excluding carboxylic acids is 1. The SMILES string of the molecule is CN(CCOCC1CC1)C(=O)C1(N)CC1.Cl. The first kappa shape index (κ1) is 13.7. The maximum Gasteiger partial charge on any atom is 0.242 e. The molecule has 2 saturated carbocycles. The summed E-state index contributed by atoms with van der Waals surface area (Å²) in [6.45, 7) is 2.15. The van der Waals surface area contributed by atoms with E-state index in [-0.39, 0.29) is 18.3 Å². The summed E-state index contributed by atoms with van der Waals surface area (Å²) in [4.78, 5) is 13.4. The van der Waals surface area contributed by atoms with Crippen LogP contribution in [0.2, 0.25) is 0 Å². The molecule has 0 aromatic carbocycles. The number of halogens is 1. The quantitative estimate of drug-likeness (QED) is 0.707. The molecule has 2 N–H and O–H groups in total. The average Bonchev–Trinajstić information content (AvgIpc) is 3.08. The van der Waals surface area contributed by atoms with E-state index in [9.17, 15) is 4.79 Å². The number of ether oxygens (including phenoxy) is 1. The lowest BCUT2D eigenvalue weighted by atomic mass is 10.2. The molecule has 0 atom stereocenters. The smallest absolute Gasteiger partial charge is 0.242 e. The molecular weight excluding hydrogens is 228 g/mol. The number of likely N-dealkylation sites (N-methyl/N-ethyl adjacent to an activating group) is 1. The number of nitrogens with two attached hydrogens (primary N) is 1. The molecule has 1 amide bonds. The van der Waals surface area contributed by atoms with Gasteiger partial charge in [0.2, 0.25) is 5.91 Å². The summed E-state index contributed by atoms with van der Waals surface area (Å²) < 4.78 is 5.48. The minimum atomic E-state index is -0.536. The fourth-order valence-corrected chi connectivity index (χ4v) is 1.57. The Hall–Kier alpha value is -0.320. The van der Waals surface area contributed by atoms with E-state index in [4.69, 9.17) is 10.5 Å². The van der Waals surface area contributed by atoms with Crippen LogP contribution in [0.4, 0.5) is 0 Å². The molecule has 2 aliphatic carbocycles. The highest BCUT2D eigenvalue weighted by atomic mass is 35.5. The Balaban J connectivity index is 0.00000128. The first-order chi connectivity index (χ1) is 7.12. The number of carbonyl (C=O) groups is 1. The normalized spacial score (nSPS) is 21.1. The molecule has 2 fully saturated rings. The molecule has 94 valence electrons. The van der Waals surface area contributed by atoms with Gasteiger partial charge in [-0.25, -0.2) is 0 Å². The molecule has 0 aromatic heterocycles. The molecule has 16 heavy (non-hydrogen) atoms. The van der Waals surface area contributed by atoms with E-state index in [1.54, 1.807) is 11.9 Å². The number of rotatable bonds is 6. The van der Waals surface area contributed by atoms with Gasteiger partial charge < -0.3 is 15.4 Å². The number of hydrogen-bond acceptors (Lipinski definition) is 3. The van der Waals surface area contributed by atoms with Crippen molar-refractivity contribution < 1.29 is 9.53 Å². The summed E-state index contributed by atoms with van der Waals surface area (Å²) >= 11 is 0. The highest BCUT2D eigenvalue weighted by molar-refractivity contribution is 5.88. The topological polar surface area (TPSA) is 55.6 Å². The van der Waals surface area contributed by atoms with E-state index < -0.39 is 5.54 Å². The van der Waals surface area contributed by atoms with Crippen molar-refractivity contribution >= 4 is 18.3 Å². The second kappa shape index (κ2) is 5.34. The standard InChI is InChI=1S/C11H20N2O2.ClH/c1-13(10(14)11(12)4-5-11)6-7-15-8-9-2-3-9;/h9H,2-8,12H2,1H3;1H. The maximum atomic E-state index is 11.7. The first-order valence-corrected chi connectivity index (χ1v) is 5.74. The van der Waals surface area contributed by atoms with Gasteiger partial charge in [-0.2, -0.15) is 0 Å². The molecule has 0 radical (unpaired) electrons. The molecule has 4 nitrogen and oxygen atoms in total. The molecule has 5 heteroatoms.